The summed E-state index contributed by atoms with van der Waals surface area (Å²) in [4.78, 5) is 16.5. The fourth-order valence-electron chi connectivity index (χ4n) is 4.87. The maximum Gasteiger partial charge on any atom is 0.307 e. The molecular formula is C27H24F2N2O3. The van der Waals surface area contributed by atoms with E-state index in [2.05, 4.69) is 0 Å². The highest BCUT2D eigenvalue weighted by molar-refractivity contribution is 5.98. The topological polar surface area (TPSA) is 64.4 Å². The standard InChI is InChI=1S/C27H24F2N2O3/c1-15-18-4-3-11-34-24(18)8-6-19(15)26-20-9-10-31(14-17-5-7-22(28)23(29)12-17)27(20)30-16(2)21(26)13-25(32)33/h5-10,12H,3-4,11,13-14H2,1-2H3,(H,32,33). The summed E-state index contributed by atoms with van der Waals surface area (Å²) in [5, 5.41) is 10.4. The molecule has 0 amide bonds. The van der Waals surface area contributed by atoms with Crippen molar-refractivity contribution in [2.45, 2.75) is 39.7 Å². The Balaban J connectivity index is 1.71. The Hall–Kier alpha value is -3.74. The zero-order chi connectivity index (χ0) is 24.0. The van der Waals surface area contributed by atoms with Crippen LogP contribution in [0.15, 0.2) is 42.6 Å². The first-order valence-corrected chi connectivity index (χ1v) is 11.2. The van der Waals surface area contributed by atoms with Gasteiger partial charge in [-0.05, 0) is 84.3 Å². The largest absolute Gasteiger partial charge is 0.493 e. The molecule has 1 N–H and O–H groups in total. The normalized spacial score (nSPS) is 13.1. The molecule has 5 rings (SSSR count). The maximum absolute atomic E-state index is 13.8. The molecule has 0 atom stereocenters. The van der Waals surface area contributed by atoms with Gasteiger partial charge in [-0.15, -0.1) is 0 Å². The predicted octanol–water partition coefficient (Wildman–Crippen LogP) is 5.60. The lowest BCUT2D eigenvalue weighted by atomic mass is 9.88. The van der Waals surface area contributed by atoms with E-state index in [0.29, 0.717) is 35.6 Å². The highest BCUT2D eigenvalue weighted by atomic mass is 19.2. The van der Waals surface area contributed by atoms with Crippen molar-refractivity contribution in [1.29, 1.82) is 0 Å². The van der Waals surface area contributed by atoms with Crippen molar-refractivity contribution in [2.75, 3.05) is 6.61 Å². The molecule has 1 aliphatic rings. The maximum atomic E-state index is 13.8. The molecule has 5 nitrogen and oxygen atoms in total. The van der Waals surface area contributed by atoms with Gasteiger partial charge in [-0.1, -0.05) is 12.1 Å². The van der Waals surface area contributed by atoms with E-state index < -0.39 is 17.6 Å². The van der Waals surface area contributed by atoms with Crippen LogP contribution < -0.4 is 4.74 Å². The first-order chi connectivity index (χ1) is 16.3. The fourth-order valence-corrected chi connectivity index (χ4v) is 4.87. The summed E-state index contributed by atoms with van der Waals surface area (Å²) in [6, 6.07) is 9.71. The summed E-state index contributed by atoms with van der Waals surface area (Å²) in [6.45, 7) is 4.86. The van der Waals surface area contributed by atoms with Crippen LogP contribution in [0.1, 0.15) is 34.4 Å². The lowest BCUT2D eigenvalue weighted by Crippen LogP contribution is -2.11. The SMILES string of the molecule is Cc1nc2c(ccn2Cc2ccc(F)c(F)c2)c(-c2ccc3c(c2C)CCCO3)c1CC(=O)O. The van der Waals surface area contributed by atoms with Gasteiger partial charge in [0.25, 0.3) is 0 Å². The Bertz CT molecular complexity index is 1440. The highest BCUT2D eigenvalue weighted by Gasteiger charge is 2.23. The predicted molar refractivity (Wildman–Crippen MR) is 125 cm³/mol. The van der Waals surface area contributed by atoms with E-state index in [0.717, 1.165) is 52.3 Å². The number of rotatable bonds is 5. The number of fused-ring (bicyclic) bond motifs is 2. The third-order valence-corrected chi connectivity index (χ3v) is 6.53. The summed E-state index contributed by atoms with van der Waals surface area (Å²) in [7, 11) is 0. The van der Waals surface area contributed by atoms with Gasteiger partial charge < -0.3 is 14.4 Å². The number of aryl methyl sites for hydroxylation is 1. The molecule has 174 valence electrons. The molecule has 1 aliphatic heterocycles. The summed E-state index contributed by atoms with van der Waals surface area (Å²) in [5.41, 5.74) is 6.60. The molecule has 0 unspecified atom stereocenters. The molecule has 0 bridgehead atoms. The number of aliphatic carboxylic acids is 1. The number of benzene rings is 2. The van der Waals surface area contributed by atoms with Gasteiger partial charge in [-0.3, -0.25) is 4.79 Å². The molecule has 0 spiro atoms. The molecule has 2 aromatic heterocycles. The molecule has 7 heteroatoms. The Morgan fingerprint density at radius 1 is 1.15 bits per heavy atom. The molecule has 34 heavy (non-hydrogen) atoms. The van der Waals surface area contributed by atoms with E-state index in [-0.39, 0.29) is 6.42 Å². The Labute approximate surface area is 195 Å². The molecule has 3 heterocycles. The molecule has 0 aliphatic carbocycles. The van der Waals surface area contributed by atoms with Crippen LogP contribution in [0.2, 0.25) is 0 Å². The van der Waals surface area contributed by atoms with Gasteiger partial charge in [0.2, 0.25) is 0 Å². The van der Waals surface area contributed by atoms with Gasteiger partial charge in [0.15, 0.2) is 11.6 Å². The van der Waals surface area contributed by atoms with Crippen molar-refractivity contribution < 1.29 is 23.4 Å². The van der Waals surface area contributed by atoms with Gasteiger partial charge in [0, 0.05) is 23.8 Å². The molecule has 4 aromatic rings. The van der Waals surface area contributed by atoms with Crippen molar-refractivity contribution in [3.63, 3.8) is 0 Å². The van der Waals surface area contributed by atoms with E-state index in [9.17, 15) is 18.7 Å². The highest BCUT2D eigenvalue weighted by Crippen LogP contribution is 2.40. The number of carbonyl (C=O) groups is 1. The average molecular weight is 462 g/mol. The van der Waals surface area contributed by atoms with Crippen LogP contribution >= 0.6 is 0 Å². The molecule has 0 saturated heterocycles. The number of pyridine rings is 1. The van der Waals surface area contributed by atoms with E-state index in [1.54, 1.807) is 6.07 Å². The van der Waals surface area contributed by atoms with E-state index in [4.69, 9.17) is 9.72 Å². The van der Waals surface area contributed by atoms with Gasteiger partial charge >= 0.3 is 5.97 Å². The van der Waals surface area contributed by atoms with Crippen molar-refractivity contribution in [2.24, 2.45) is 0 Å². The van der Waals surface area contributed by atoms with Crippen molar-refractivity contribution >= 4 is 17.0 Å². The monoisotopic (exact) mass is 462 g/mol. The van der Waals surface area contributed by atoms with Crippen molar-refractivity contribution in [3.8, 4) is 16.9 Å². The van der Waals surface area contributed by atoms with E-state index in [1.165, 1.54) is 6.07 Å². The second kappa shape index (κ2) is 8.56. The third-order valence-electron chi connectivity index (χ3n) is 6.53. The van der Waals surface area contributed by atoms with Gasteiger partial charge in [-0.2, -0.15) is 0 Å². The van der Waals surface area contributed by atoms with Gasteiger partial charge in [-0.25, -0.2) is 13.8 Å². The van der Waals surface area contributed by atoms with E-state index in [1.807, 2.05) is 42.8 Å². The lowest BCUT2D eigenvalue weighted by molar-refractivity contribution is -0.136. The Morgan fingerprint density at radius 2 is 1.97 bits per heavy atom. The van der Waals surface area contributed by atoms with Crippen LogP contribution in [0.5, 0.6) is 5.75 Å². The van der Waals surface area contributed by atoms with Crippen LogP contribution in [0.25, 0.3) is 22.2 Å². The number of halogens is 2. The van der Waals surface area contributed by atoms with Gasteiger partial charge in [0.05, 0.1) is 13.0 Å². The number of carboxylic acid groups (broad SMARTS) is 1. The van der Waals surface area contributed by atoms with Crippen LogP contribution in [-0.4, -0.2) is 27.2 Å². The minimum absolute atomic E-state index is 0.147. The second-order valence-electron chi connectivity index (χ2n) is 8.72. The summed E-state index contributed by atoms with van der Waals surface area (Å²) < 4.78 is 34.8. The average Bonchev–Trinajstić information content (AvgIpc) is 3.19. The molecule has 0 saturated carbocycles. The second-order valence-corrected chi connectivity index (χ2v) is 8.72. The number of ether oxygens (including phenoxy) is 1. The first-order valence-electron chi connectivity index (χ1n) is 11.2. The van der Waals surface area contributed by atoms with Crippen molar-refractivity contribution in [1.82, 2.24) is 9.55 Å². The smallest absolute Gasteiger partial charge is 0.307 e. The van der Waals surface area contributed by atoms with E-state index >= 15 is 0 Å². The zero-order valence-corrected chi connectivity index (χ0v) is 19.0. The summed E-state index contributed by atoms with van der Waals surface area (Å²) in [6.07, 6.45) is 3.55. The number of hydrogen-bond acceptors (Lipinski definition) is 3. The van der Waals surface area contributed by atoms with Crippen LogP contribution in [-0.2, 0) is 24.2 Å². The van der Waals surface area contributed by atoms with Gasteiger partial charge in [0.1, 0.15) is 11.4 Å². The molecule has 0 radical (unpaired) electrons. The van der Waals surface area contributed by atoms with Crippen molar-refractivity contribution in [3.05, 3.63) is 82.2 Å². The fraction of sp³-hybridized carbons (Fsp3) is 0.259. The quantitative estimate of drug-likeness (QED) is 0.419. The van der Waals surface area contributed by atoms with Crippen LogP contribution in [0.4, 0.5) is 8.78 Å². The molecule has 0 fully saturated rings. The van der Waals surface area contributed by atoms with Crippen LogP contribution in [0, 0.1) is 25.5 Å². The number of carboxylic acids is 1. The summed E-state index contributed by atoms with van der Waals surface area (Å²) >= 11 is 0. The number of aromatic nitrogens is 2. The molecule has 2 aromatic carbocycles. The molecular weight excluding hydrogens is 438 g/mol. The summed E-state index contributed by atoms with van der Waals surface area (Å²) in [5.74, 6) is -1.83. The van der Waals surface area contributed by atoms with Crippen LogP contribution in [0.3, 0.4) is 0 Å². The Morgan fingerprint density at radius 3 is 2.74 bits per heavy atom. The first kappa shape index (κ1) is 22.1. The number of hydrogen-bond donors (Lipinski definition) is 1. The minimum atomic E-state index is -0.925. The minimum Gasteiger partial charge on any atom is -0.493 e. The third kappa shape index (κ3) is 3.81. The zero-order valence-electron chi connectivity index (χ0n) is 19.0. The Kier molecular flexibility index (Phi) is 5.55. The number of nitrogens with zero attached hydrogens (tertiary/aromatic N) is 2. The lowest BCUT2D eigenvalue weighted by Gasteiger charge is -2.23.